The Labute approximate surface area is 98.9 Å². The van der Waals surface area contributed by atoms with Gasteiger partial charge in [-0.3, -0.25) is 0 Å². The minimum Gasteiger partial charge on any atom is -0.434 e. The quantitative estimate of drug-likeness (QED) is 0.510. The minimum atomic E-state index is -1.03. The lowest BCUT2D eigenvalue weighted by Crippen LogP contribution is -2.36. The first-order valence-electron chi connectivity index (χ1n) is 5.43. The highest BCUT2D eigenvalue weighted by Crippen LogP contribution is 2.20. The van der Waals surface area contributed by atoms with Crippen LogP contribution in [0.1, 0.15) is 12.8 Å². The minimum absolute atomic E-state index is 0.0484. The van der Waals surface area contributed by atoms with E-state index in [1.54, 1.807) is 0 Å². The van der Waals surface area contributed by atoms with Gasteiger partial charge in [0.1, 0.15) is 0 Å². The number of ether oxygens (including phenoxy) is 3. The average Bonchev–Trinajstić information content (AvgIpc) is 2.30. The predicted octanol–water partition coefficient (Wildman–Crippen LogP) is -0.761. The number of hydrogen-bond donors (Lipinski definition) is 3. The second kappa shape index (κ2) is 6.75. The summed E-state index contributed by atoms with van der Waals surface area (Å²) in [5.74, 6) is 0. The molecule has 7 nitrogen and oxygen atoms in total. The fourth-order valence-electron chi connectivity index (χ4n) is 1.19. The summed E-state index contributed by atoms with van der Waals surface area (Å²) in [5, 5.41) is 27.1. The molecule has 0 aromatic rings. The Balaban J connectivity index is 2.18. The van der Waals surface area contributed by atoms with Crippen LogP contribution < -0.4 is 0 Å². The number of aliphatic hydroxyl groups excluding tert-OH is 3. The van der Waals surface area contributed by atoms with Gasteiger partial charge in [-0.25, -0.2) is 4.79 Å². The van der Waals surface area contributed by atoms with Crippen molar-refractivity contribution in [3.63, 3.8) is 0 Å². The highest BCUT2D eigenvalue weighted by atomic mass is 16.8. The molecule has 1 aliphatic rings. The molecular weight excluding hydrogens is 232 g/mol. The Hall–Kier alpha value is -0.890. The number of carbonyl (C=O) groups excluding carboxylic acids is 1. The summed E-state index contributed by atoms with van der Waals surface area (Å²) in [7, 11) is 0. The van der Waals surface area contributed by atoms with E-state index >= 15 is 0 Å². The Kier molecular flexibility index (Phi) is 5.63. The van der Waals surface area contributed by atoms with E-state index in [0.29, 0.717) is 13.0 Å². The maximum absolute atomic E-state index is 11.1. The van der Waals surface area contributed by atoms with Crippen LogP contribution in [0.4, 0.5) is 4.79 Å². The van der Waals surface area contributed by atoms with E-state index in [0.717, 1.165) is 0 Å². The Bertz CT molecular complexity index is 227. The number of hydrogen-bond acceptors (Lipinski definition) is 7. The monoisotopic (exact) mass is 250 g/mol. The smallest absolute Gasteiger partial charge is 0.434 e. The van der Waals surface area contributed by atoms with Crippen LogP contribution in [0, 0.1) is 5.41 Å². The molecule has 0 aromatic carbocycles. The summed E-state index contributed by atoms with van der Waals surface area (Å²) in [5.41, 5.74) is -1.03. The highest BCUT2D eigenvalue weighted by Gasteiger charge is 2.29. The number of rotatable bonds is 7. The molecule has 0 spiro atoms. The standard InChI is InChI=1S/C10H18O7/c11-5-10(6-12,7-13)2-4-16-9(14)17-8-1-3-15-8/h8,11-13H,1-7H2. The summed E-state index contributed by atoms with van der Waals surface area (Å²) in [6, 6.07) is 0. The summed E-state index contributed by atoms with van der Waals surface area (Å²) in [6.45, 7) is -0.633. The lowest BCUT2D eigenvalue weighted by atomic mass is 9.88. The molecule has 0 saturated carbocycles. The van der Waals surface area contributed by atoms with Gasteiger partial charge in [-0.15, -0.1) is 0 Å². The van der Waals surface area contributed by atoms with Gasteiger partial charge >= 0.3 is 6.16 Å². The van der Waals surface area contributed by atoms with Crippen LogP contribution in [-0.4, -0.2) is 60.8 Å². The normalized spacial score (nSPS) is 19.6. The van der Waals surface area contributed by atoms with Crippen molar-refractivity contribution in [2.24, 2.45) is 5.41 Å². The van der Waals surface area contributed by atoms with Crippen molar-refractivity contribution in [1.82, 2.24) is 0 Å². The van der Waals surface area contributed by atoms with Crippen molar-refractivity contribution in [2.45, 2.75) is 19.1 Å². The van der Waals surface area contributed by atoms with Crippen LogP contribution >= 0.6 is 0 Å². The van der Waals surface area contributed by atoms with Crippen LogP contribution in [0.25, 0.3) is 0 Å². The van der Waals surface area contributed by atoms with Gasteiger partial charge in [-0.2, -0.15) is 0 Å². The Morgan fingerprint density at radius 1 is 1.29 bits per heavy atom. The number of aliphatic hydroxyl groups is 3. The SMILES string of the molecule is O=C(OCCC(CO)(CO)CO)OC1CCO1. The van der Waals surface area contributed by atoms with Crippen molar-refractivity contribution in [3.05, 3.63) is 0 Å². The average molecular weight is 250 g/mol. The molecule has 0 bridgehead atoms. The summed E-state index contributed by atoms with van der Waals surface area (Å²) >= 11 is 0. The van der Waals surface area contributed by atoms with Crippen LogP contribution in [0.15, 0.2) is 0 Å². The lowest BCUT2D eigenvalue weighted by Gasteiger charge is -2.27. The molecule has 1 rings (SSSR count). The largest absolute Gasteiger partial charge is 0.510 e. The van der Waals surface area contributed by atoms with E-state index in [4.69, 9.17) is 29.5 Å². The van der Waals surface area contributed by atoms with Crippen molar-refractivity contribution in [3.8, 4) is 0 Å². The molecule has 0 radical (unpaired) electrons. The van der Waals surface area contributed by atoms with Crippen molar-refractivity contribution >= 4 is 6.16 Å². The highest BCUT2D eigenvalue weighted by molar-refractivity contribution is 5.60. The molecule has 1 saturated heterocycles. The third-order valence-electron chi connectivity index (χ3n) is 2.74. The molecule has 17 heavy (non-hydrogen) atoms. The molecule has 1 aliphatic heterocycles. The summed E-state index contributed by atoms with van der Waals surface area (Å²) in [6.07, 6.45) is -0.571. The van der Waals surface area contributed by atoms with Gasteiger partial charge in [0, 0.05) is 11.8 Å². The molecule has 100 valence electrons. The van der Waals surface area contributed by atoms with Gasteiger partial charge in [-0.05, 0) is 6.42 Å². The van der Waals surface area contributed by atoms with E-state index in [-0.39, 0.29) is 32.8 Å². The molecule has 0 amide bonds. The van der Waals surface area contributed by atoms with Gasteiger partial charge in [-0.1, -0.05) is 0 Å². The van der Waals surface area contributed by atoms with E-state index in [2.05, 4.69) is 0 Å². The van der Waals surface area contributed by atoms with Gasteiger partial charge in [0.2, 0.25) is 6.29 Å². The van der Waals surface area contributed by atoms with E-state index in [1.165, 1.54) is 0 Å². The first-order chi connectivity index (χ1) is 8.15. The van der Waals surface area contributed by atoms with E-state index in [1.807, 2.05) is 0 Å². The molecule has 7 heteroatoms. The second-order valence-corrected chi connectivity index (χ2v) is 4.03. The van der Waals surface area contributed by atoms with Crippen LogP contribution in [0.5, 0.6) is 0 Å². The summed E-state index contributed by atoms with van der Waals surface area (Å²) < 4.78 is 14.3. The fraction of sp³-hybridized carbons (Fsp3) is 0.900. The van der Waals surface area contributed by atoms with Crippen molar-refractivity contribution < 1.29 is 34.3 Å². The van der Waals surface area contributed by atoms with Crippen molar-refractivity contribution in [2.75, 3.05) is 33.0 Å². The topological polar surface area (TPSA) is 105 Å². The van der Waals surface area contributed by atoms with Gasteiger partial charge in [0.15, 0.2) is 0 Å². The maximum Gasteiger partial charge on any atom is 0.510 e. The van der Waals surface area contributed by atoms with Gasteiger partial charge in [0.25, 0.3) is 0 Å². The molecule has 0 aliphatic carbocycles. The number of carbonyl (C=O) groups is 1. The van der Waals surface area contributed by atoms with E-state index in [9.17, 15) is 4.79 Å². The molecular formula is C10H18O7. The zero-order chi connectivity index (χ0) is 12.7. The summed E-state index contributed by atoms with van der Waals surface area (Å²) in [4.78, 5) is 11.1. The zero-order valence-electron chi connectivity index (χ0n) is 9.50. The van der Waals surface area contributed by atoms with E-state index < -0.39 is 17.9 Å². The second-order valence-electron chi connectivity index (χ2n) is 4.03. The molecule has 1 heterocycles. The predicted molar refractivity (Wildman–Crippen MR) is 55.1 cm³/mol. The van der Waals surface area contributed by atoms with Crippen molar-refractivity contribution in [1.29, 1.82) is 0 Å². The molecule has 0 aromatic heterocycles. The van der Waals surface area contributed by atoms with Crippen LogP contribution in [-0.2, 0) is 14.2 Å². The lowest BCUT2D eigenvalue weighted by molar-refractivity contribution is -0.194. The molecule has 1 atom stereocenters. The molecule has 1 unspecified atom stereocenters. The Morgan fingerprint density at radius 2 is 1.88 bits per heavy atom. The molecule has 3 N–H and O–H groups in total. The third kappa shape index (κ3) is 4.12. The van der Waals surface area contributed by atoms with Gasteiger partial charge < -0.3 is 29.5 Å². The van der Waals surface area contributed by atoms with Gasteiger partial charge in [0.05, 0.1) is 33.0 Å². The third-order valence-corrected chi connectivity index (χ3v) is 2.74. The Morgan fingerprint density at radius 3 is 2.29 bits per heavy atom. The maximum atomic E-state index is 11.1. The molecule has 1 fully saturated rings. The van der Waals surface area contributed by atoms with Crippen LogP contribution in [0.3, 0.4) is 0 Å². The van der Waals surface area contributed by atoms with Crippen LogP contribution in [0.2, 0.25) is 0 Å². The zero-order valence-corrected chi connectivity index (χ0v) is 9.50. The fourth-order valence-corrected chi connectivity index (χ4v) is 1.19. The first kappa shape index (κ1) is 14.2. The first-order valence-corrected chi connectivity index (χ1v) is 5.43.